The number of nitrogens with zero attached hydrogens (tertiary/aromatic N) is 2. The summed E-state index contributed by atoms with van der Waals surface area (Å²) in [5, 5.41) is 0.447. The Morgan fingerprint density at radius 1 is 1.18 bits per heavy atom. The second kappa shape index (κ2) is 5.25. The lowest BCUT2D eigenvalue weighted by Gasteiger charge is -2.18. The third-order valence-electron chi connectivity index (χ3n) is 3.62. The van der Waals surface area contributed by atoms with Gasteiger partial charge in [-0.25, -0.2) is 4.79 Å². The second-order valence-corrected chi connectivity index (χ2v) is 5.38. The smallest absolute Gasteiger partial charge is 0.334 e. The van der Waals surface area contributed by atoms with Gasteiger partial charge in [0.05, 0.1) is 11.1 Å². The second-order valence-electron chi connectivity index (χ2n) is 5.38. The molecular formula is C15H14N2O5. The molecule has 22 heavy (non-hydrogen) atoms. The van der Waals surface area contributed by atoms with Crippen LogP contribution < -0.4 is 0 Å². The Labute approximate surface area is 126 Å². The molecule has 1 aliphatic heterocycles. The van der Waals surface area contributed by atoms with Crippen molar-refractivity contribution < 1.29 is 24.0 Å². The zero-order chi connectivity index (χ0) is 15.9. The molecular weight excluding hydrogens is 288 g/mol. The zero-order valence-electron chi connectivity index (χ0n) is 11.9. The first-order chi connectivity index (χ1) is 10.5. The maximum absolute atomic E-state index is 12.0. The molecule has 1 saturated carbocycles. The van der Waals surface area contributed by atoms with Crippen LogP contribution in [0.5, 0.6) is 0 Å². The summed E-state index contributed by atoms with van der Waals surface area (Å²) in [6, 6.07) is 6.23. The summed E-state index contributed by atoms with van der Waals surface area (Å²) in [6.07, 6.45) is 1.66. The summed E-state index contributed by atoms with van der Waals surface area (Å²) in [5.74, 6) is -2.32. The Morgan fingerprint density at radius 2 is 1.73 bits per heavy atom. The Bertz CT molecular complexity index is 645. The molecule has 114 valence electrons. The summed E-state index contributed by atoms with van der Waals surface area (Å²) in [5.41, 5.74) is 0.394. The van der Waals surface area contributed by atoms with Crippen molar-refractivity contribution in [3.8, 4) is 0 Å². The highest BCUT2D eigenvalue weighted by Crippen LogP contribution is 2.30. The fourth-order valence-corrected chi connectivity index (χ4v) is 2.29. The fraction of sp³-hybridized carbons (Fsp3) is 0.333. The molecule has 0 unspecified atom stereocenters. The molecule has 1 aromatic carbocycles. The highest BCUT2D eigenvalue weighted by atomic mass is 16.7. The number of rotatable bonds is 4. The van der Waals surface area contributed by atoms with Crippen molar-refractivity contribution in [2.45, 2.75) is 12.8 Å². The lowest BCUT2D eigenvalue weighted by molar-refractivity contribution is -0.170. The van der Waals surface area contributed by atoms with Crippen LogP contribution in [0.25, 0.3) is 0 Å². The summed E-state index contributed by atoms with van der Waals surface area (Å²) in [7, 11) is 1.49. The minimum atomic E-state index is -0.828. The van der Waals surface area contributed by atoms with E-state index in [0.717, 1.165) is 12.8 Å². The van der Waals surface area contributed by atoms with Crippen LogP contribution in [0.3, 0.4) is 0 Å². The van der Waals surface area contributed by atoms with Gasteiger partial charge in [-0.15, -0.1) is 0 Å². The maximum Gasteiger partial charge on any atom is 0.352 e. The molecule has 0 aromatic heterocycles. The Balaban J connectivity index is 1.64. The molecule has 0 N–H and O–H groups in total. The Morgan fingerprint density at radius 3 is 2.23 bits per heavy atom. The van der Waals surface area contributed by atoms with Gasteiger partial charge in [0, 0.05) is 13.0 Å². The quantitative estimate of drug-likeness (QED) is 0.761. The first-order valence-corrected chi connectivity index (χ1v) is 6.92. The zero-order valence-corrected chi connectivity index (χ0v) is 11.9. The third-order valence-corrected chi connectivity index (χ3v) is 3.62. The number of carbonyl (C=O) groups excluding carboxylic acids is 4. The van der Waals surface area contributed by atoms with Gasteiger partial charge in [-0.2, -0.15) is 0 Å². The highest BCUT2D eigenvalue weighted by Gasteiger charge is 2.39. The van der Waals surface area contributed by atoms with E-state index in [1.165, 1.54) is 24.1 Å². The van der Waals surface area contributed by atoms with Gasteiger partial charge in [0.25, 0.3) is 11.8 Å². The van der Waals surface area contributed by atoms with E-state index in [4.69, 9.17) is 4.84 Å². The van der Waals surface area contributed by atoms with Gasteiger partial charge in [0.2, 0.25) is 5.91 Å². The van der Waals surface area contributed by atoms with Crippen LogP contribution in [0.1, 0.15) is 33.6 Å². The van der Waals surface area contributed by atoms with Crippen LogP contribution in [0.15, 0.2) is 24.3 Å². The van der Waals surface area contributed by atoms with E-state index in [9.17, 15) is 19.2 Å². The standard InChI is InChI=1S/C15H14N2O5/c1-16(13(19)9-6-7-9)8-12(18)22-17-14(20)10-4-2-3-5-11(10)15(17)21/h2-5,9H,6-8H2,1H3. The number of carbonyl (C=O) groups is 4. The molecule has 3 amide bonds. The monoisotopic (exact) mass is 302 g/mol. The van der Waals surface area contributed by atoms with E-state index in [0.29, 0.717) is 5.06 Å². The minimum absolute atomic E-state index is 0.0166. The molecule has 0 atom stereocenters. The number of hydrogen-bond acceptors (Lipinski definition) is 5. The molecule has 0 bridgehead atoms. The van der Waals surface area contributed by atoms with E-state index < -0.39 is 17.8 Å². The van der Waals surface area contributed by atoms with Crippen molar-refractivity contribution in [2.75, 3.05) is 13.6 Å². The Hall–Kier alpha value is -2.70. The van der Waals surface area contributed by atoms with Gasteiger partial charge < -0.3 is 9.74 Å². The average molecular weight is 302 g/mol. The van der Waals surface area contributed by atoms with Gasteiger partial charge in [-0.05, 0) is 25.0 Å². The van der Waals surface area contributed by atoms with E-state index in [1.807, 2.05) is 0 Å². The molecule has 7 heteroatoms. The summed E-state index contributed by atoms with van der Waals surface area (Å²) in [6.45, 7) is -0.303. The van der Waals surface area contributed by atoms with Gasteiger partial charge >= 0.3 is 5.97 Å². The first-order valence-electron chi connectivity index (χ1n) is 6.92. The Kier molecular flexibility index (Phi) is 3.40. The number of benzene rings is 1. The fourth-order valence-electron chi connectivity index (χ4n) is 2.29. The number of amides is 3. The topological polar surface area (TPSA) is 84.0 Å². The molecule has 1 heterocycles. The van der Waals surface area contributed by atoms with Crippen molar-refractivity contribution in [1.82, 2.24) is 9.96 Å². The van der Waals surface area contributed by atoms with Crippen molar-refractivity contribution in [2.24, 2.45) is 5.92 Å². The van der Waals surface area contributed by atoms with Crippen LogP contribution >= 0.6 is 0 Å². The van der Waals surface area contributed by atoms with Gasteiger partial charge in [-0.3, -0.25) is 14.4 Å². The predicted octanol–water partition coefficient (Wildman–Crippen LogP) is 0.609. The number of likely N-dealkylation sites (N-methyl/N-ethyl adjacent to an activating group) is 1. The highest BCUT2D eigenvalue weighted by molar-refractivity contribution is 6.20. The normalized spacial score (nSPS) is 16.5. The number of hydrogen-bond donors (Lipinski definition) is 0. The molecule has 2 aliphatic rings. The lowest BCUT2D eigenvalue weighted by Crippen LogP contribution is -2.39. The average Bonchev–Trinajstić information content (AvgIpc) is 3.32. The van der Waals surface area contributed by atoms with Crippen LogP contribution in [-0.4, -0.2) is 47.2 Å². The van der Waals surface area contributed by atoms with Crippen LogP contribution in [0.2, 0.25) is 0 Å². The molecule has 1 aromatic rings. The molecule has 0 radical (unpaired) electrons. The number of imide groups is 1. The summed E-state index contributed by atoms with van der Waals surface area (Å²) >= 11 is 0. The van der Waals surface area contributed by atoms with Crippen molar-refractivity contribution in [1.29, 1.82) is 0 Å². The van der Waals surface area contributed by atoms with Gasteiger partial charge in [0.1, 0.15) is 6.54 Å². The molecule has 1 fully saturated rings. The third kappa shape index (κ3) is 2.45. The van der Waals surface area contributed by atoms with Crippen LogP contribution in [0, 0.1) is 5.92 Å². The molecule has 3 rings (SSSR count). The van der Waals surface area contributed by atoms with Gasteiger partial charge in [0.15, 0.2) is 0 Å². The van der Waals surface area contributed by atoms with E-state index in [2.05, 4.69) is 0 Å². The molecule has 0 spiro atoms. The largest absolute Gasteiger partial charge is 0.352 e. The first kappa shape index (κ1) is 14.2. The molecule has 7 nitrogen and oxygen atoms in total. The van der Waals surface area contributed by atoms with Crippen LogP contribution in [-0.2, 0) is 14.4 Å². The van der Waals surface area contributed by atoms with Crippen molar-refractivity contribution in [3.63, 3.8) is 0 Å². The number of fused-ring (bicyclic) bond motifs is 1. The maximum atomic E-state index is 12.0. The SMILES string of the molecule is CN(CC(=O)ON1C(=O)c2ccccc2C1=O)C(=O)C1CC1. The summed E-state index contributed by atoms with van der Waals surface area (Å²) < 4.78 is 0. The van der Waals surface area contributed by atoms with Gasteiger partial charge in [-0.1, -0.05) is 17.2 Å². The lowest BCUT2D eigenvalue weighted by atomic mass is 10.1. The number of hydroxylamine groups is 2. The van der Waals surface area contributed by atoms with E-state index in [-0.39, 0.29) is 29.5 Å². The van der Waals surface area contributed by atoms with E-state index >= 15 is 0 Å². The van der Waals surface area contributed by atoms with Crippen molar-refractivity contribution in [3.05, 3.63) is 35.4 Å². The predicted molar refractivity (Wildman–Crippen MR) is 73.4 cm³/mol. The van der Waals surface area contributed by atoms with Crippen molar-refractivity contribution >= 4 is 23.7 Å². The van der Waals surface area contributed by atoms with Crippen LogP contribution in [0.4, 0.5) is 0 Å². The summed E-state index contributed by atoms with van der Waals surface area (Å²) in [4.78, 5) is 53.7. The van der Waals surface area contributed by atoms with E-state index in [1.54, 1.807) is 12.1 Å². The molecule has 0 saturated heterocycles. The molecule has 1 aliphatic carbocycles. The minimum Gasteiger partial charge on any atom is -0.334 e.